The maximum Gasteiger partial charge on any atom is 0.338 e. The van der Waals surface area contributed by atoms with Crippen LogP contribution in [0, 0.1) is 12.8 Å². The number of rotatable bonds is 9. The first kappa shape index (κ1) is 27.2. The van der Waals surface area contributed by atoms with Gasteiger partial charge in [0.1, 0.15) is 6.10 Å². The zero-order valence-corrected chi connectivity index (χ0v) is 22.8. The van der Waals surface area contributed by atoms with Crippen LogP contribution in [0.25, 0.3) is 0 Å². The highest BCUT2D eigenvalue weighted by Crippen LogP contribution is 2.29. The molecule has 0 saturated heterocycles. The molecule has 3 aromatic rings. The first-order chi connectivity index (χ1) is 18.4. The largest absolute Gasteiger partial charge is 0.459 e. The molecule has 1 fully saturated rings. The van der Waals surface area contributed by atoms with Crippen molar-refractivity contribution in [2.45, 2.75) is 59.5 Å². The summed E-state index contributed by atoms with van der Waals surface area (Å²) in [6.45, 7) is 10.5. The van der Waals surface area contributed by atoms with Crippen LogP contribution in [0.4, 0.5) is 28.4 Å². The number of nitrogens with zero attached hydrogens (tertiary/aromatic N) is 5. The van der Waals surface area contributed by atoms with E-state index < -0.39 is 0 Å². The number of anilines is 1. The van der Waals surface area contributed by atoms with Crippen LogP contribution in [0.2, 0.25) is 0 Å². The standard InChI is InChI=1S/C31H37N5O2/c1-5-36(6-2)28-16-13-26(14-17-28)32-34-27-15-20-30(23(4)21-27)35-33-25-11-9-24(10-12-25)31(37)38-29-18-7-22(3)8-19-29/h9-17,20-22,29H,5-8,18-19H2,1-4H3. The third-order valence-corrected chi connectivity index (χ3v) is 7.05. The molecule has 0 aliphatic heterocycles. The Morgan fingerprint density at radius 2 is 1.34 bits per heavy atom. The van der Waals surface area contributed by atoms with Crippen molar-refractivity contribution < 1.29 is 9.53 Å². The Morgan fingerprint density at radius 3 is 1.95 bits per heavy atom. The monoisotopic (exact) mass is 511 g/mol. The van der Waals surface area contributed by atoms with Gasteiger partial charge < -0.3 is 9.64 Å². The molecule has 1 aliphatic carbocycles. The molecule has 0 amide bonds. The summed E-state index contributed by atoms with van der Waals surface area (Å²) in [6.07, 6.45) is 4.16. The zero-order chi connectivity index (χ0) is 26.9. The maximum absolute atomic E-state index is 12.5. The predicted octanol–water partition coefficient (Wildman–Crippen LogP) is 9.41. The lowest BCUT2D eigenvalue weighted by molar-refractivity contribution is 0.0174. The molecule has 0 radical (unpaired) electrons. The van der Waals surface area contributed by atoms with E-state index in [-0.39, 0.29) is 12.1 Å². The normalized spacial score (nSPS) is 17.7. The Balaban J connectivity index is 1.34. The highest BCUT2D eigenvalue weighted by Gasteiger charge is 2.22. The molecule has 0 aromatic heterocycles. The molecule has 3 aromatic carbocycles. The van der Waals surface area contributed by atoms with E-state index in [0.29, 0.717) is 11.3 Å². The topological polar surface area (TPSA) is 79.0 Å². The van der Waals surface area contributed by atoms with Crippen LogP contribution in [0.1, 0.15) is 62.4 Å². The van der Waals surface area contributed by atoms with Gasteiger partial charge in [0, 0.05) is 18.8 Å². The third kappa shape index (κ3) is 7.34. The van der Waals surface area contributed by atoms with E-state index in [1.54, 1.807) is 24.3 Å². The van der Waals surface area contributed by atoms with Gasteiger partial charge in [-0.1, -0.05) is 6.92 Å². The number of aryl methyl sites for hydroxylation is 1. The molecule has 0 atom stereocenters. The van der Waals surface area contributed by atoms with Crippen molar-refractivity contribution in [3.8, 4) is 0 Å². The summed E-state index contributed by atoms with van der Waals surface area (Å²) in [4.78, 5) is 14.8. The highest BCUT2D eigenvalue weighted by molar-refractivity contribution is 5.89. The van der Waals surface area contributed by atoms with Gasteiger partial charge >= 0.3 is 5.97 Å². The number of hydrogen-bond donors (Lipinski definition) is 0. The van der Waals surface area contributed by atoms with Crippen molar-refractivity contribution in [3.05, 3.63) is 77.9 Å². The van der Waals surface area contributed by atoms with Crippen molar-refractivity contribution in [3.63, 3.8) is 0 Å². The van der Waals surface area contributed by atoms with Gasteiger partial charge in [0.2, 0.25) is 0 Å². The molecule has 1 aliphatic rings. The van der Waals surface area contributed by atoms with Crippen molar-refractivity contribution in [2.24, 2.45) is 26.4 Å². The number of carbonyl (C=O) groups is 1. The van der Waals surface area contributed by atoms with E-state index in [4.69, 9.17) is 4.74 Å². The van der Waals surface area contributed by atoms with Gasteiger partial charge in [0.25, 0.3) is 0 Å². The highest BCUT2D eigenvalue weighted by atomic mass is 16.5. The summed E-state index contributed by atoms with van der Waals surface area (Å²) in [6, 6.07) is 20.9. The lowest BCUT2D eigenvalue weighted by Gasteiger charge is -2.25. The predicted molar refractivity (Wildman–Crippen MR) is 153 cm³/mol. The molecule has 7 nitrogen and oxygen atoms in total. The Kier molecular flexibility index (Phi) is 9.35. The van der Waals surface area contributed by atoms with Crippen molar-refractivity contribution in [1.29, 1.82) is 0 Å². The molecular formula is C31H37N5O2. The van der Waals surface area contributed by atoms with Crippen molar-refractivity contribution >= 4 is 34.4 Å². The molecule has 1 saturated carbocycles. The minimum Gasteiger partial charge on any atom is -0.459 e. The summed E-state index contributed by atoms with van der Waals surface area (Å²) in [5.74, 6) is 0.452. The molecule has 198 valence electrons. The molecule has 0 heterocycles. The SMILES string of the molecule is CCN(CC)c1ccc(N=Nc2ccc(N=Nc3ccc(C(=O)OC4CCC(C)CC4)cc3)c(C)c2)cc1. The Bertz CT molecular complexity index is 1260. The first-order valence-electron chi connectivity index (χ1n) is 13.5. The van der Waals surface area contributed by atoms with Crippen molar-refractivity contribution in [1.82, 2.24) is 0 Å². The second-order valence-electron chi connectivity index (χ2n) is 9.89. The third-order valence-electron chi connectivity index (χ3n) is 7.05. The Hall–Kier alpha value is -3.87. The Labute approximate surface area is 225 Å². The van der Waals surface area contributed by atoms with Gasteiger partial charge in [-0.05, 0) is 125 Å². The van der Waals surface area contributed by atoms with Crippen LogP contribution < -0.4 is 4.90 Å². The molecule has 38 heavy (non-hydrogen) atoms. The van der Waals surface area contributed by atoms with E-state index in [0.717, 1.165) is 67.3 Å². The van der Waals surface area contributed by atoms with Crippen LogP contribution in [0.3, 0.4) is 0 Å². The van der Waals surface area contributed by atoms with Crippen LogP contribution in [0.15, 0.2) is 87.2 Å². The average Bonchev–Trinajstić information content (AvgIpc) is 2.94. The van der Waals surface area contributed by atoms with E-state index in [2.05, 4.69) is 58.3 Å². The smallest absolute Gasteiger partial charge is 0.338 e. The minimum atomic E-state index is -0.270. The van der Waals surface area contributed by atoms with Gasteiger partial charge in [-0.3, -0.25) is 0 Å². The number of hydrogen-bond acceptors (Lipinski definition) is 7. The lowest BCUT2D eigenvalue weighted by atomic mass is 9.89. The molecule has 0 unspecified atom stereocenters. The van der Waals surface area contributed by atoms with Crippen molar-refractivity contribution in [2.75, 3.05) is 18.0 Å². The second kappa shape index (κ2) is 13.1. The maximum atomic E-state index is 12.5. The minimum absolute atomic E-state index is 0.0293. The number of azo groups is 2. The molecule has 0 spiro atoms. The van der Waals surface area contributed by atoms with E-state index >= 15 is 0 Å². The summed E-state index contributed by atoms with van der Waals surface area (Å²) >= 11 is 0. The number of esters is 1. The number of carbonyl (C=O) groups excluding carboxylic acids is 1. The van der Waals surface area contributed by atoms with Gasteiger partial charge in [-0.15, -0.1) is 0 Å². The molecule has 7 heteroatoms. The van der Waals surface area contributed by atoms with Gasteiger partial charge in [0.15, 0.2) is 0 Å². The number of benzene rings is 3. The molecule has 4 rings (SSSR count). The van der Waals surface area contributed by atoms with Gasteiger partial charge in [-0.2, -0.15) is 20.5 Å². The summed E-state index contributed by atoms with van der Waals surface area (Å²) < 4.78 is 5.68. The van der Waals surface area contributed by atoms with Crippen LogP contribution in [0.5, 0.6) is 0 Å². The quantitative estimate of drug-likeness (QED) is 0.212. The fourth-order valence-corrected chi connectivity index (χ4v) is 4.59. The number of ether oxygens (including phenoxy) is 1. The fraction of sp³-hybridized carbons (Fsp3) is 0.387. The Morgan fingerprint density at radius 1 is 0.789 bits per heavy atom. The summed E-state index contributed by atoms with van der Waals surface area (Å²) in [5, 5.41) is 17.5. The molecular weight excluding hydrogens is 474 g/mol. The summed E-state index contributed by atoms with van der Waals surface area (Å²) in [7, 11) is 0. The first-order valence-corrected chi connectivity index (χ1v) is 13.5. The molecule has 0 N–H and O–H groups in total. The molecule has 0 bridgehead atoms. The lowest BCUT2D eigenvalue weighted by Crippen LogP contribution is -2.23. The fourth-order valence-electron chi connectivity index (χ4n) is 4.59. The van der Waals surface area contributed by atoms with Gasteiger partial charge in [0.05, 0.1) is 28.3 Å². The zero-order valence-electron chi connectivity index (χ0n) is 22.8. The summed E-state index contributed by atoms with van der Waals surface area (Å²) in [5.41, 5.74) is 5.66. The van der Waals surface area contributed by atoms with E-state index in [1.165, 1.54) is 5.69 Å². The average molecular weight is 512 g/mol. The van der Waals surface area contributed by atoms with Crippen LogP contribution >= 0.6 is 0 Å². The van der Waals surface area contributed by atoms with Crippen LogP contribution in [-0.4, -0.2) is 25.2 Å². The van der Waals surface area contributed by atoms with Crippen LogP contribution in [-0.2, 0) is 4.74 Å². The van der Waals surface area contributed by atoms with Gasteiger partial charge in [-0.25, -0.2) is 4.79 Å². The van der Waals surface area contributed by atoms with E-state index in [9.17, 15) is 4.79 Å². The second-order valence-corrected chi connectivity index (χ2v) is 9.89. The van der Waals surface area contributed by atoms with E-state index in [1.807, 2.05) is 37.3 Å².